The lowest BCUT2D eigenvalue weighted by Crippen LogP contribution is -2.00. The molecule has 94 valence electrons. The van der Waals surface area contributed by atoms with E-state index < -0.39 is 0 Å². The first kappa shape index (κ1) is 13.4. The number of aryl methyl sites for hydroxylation is 1. The Bertz CT molecular complexity index is 572. The zero-order chi connectivity index (χ0) is 13.1. The van der Waals surface area contributed by atoms with E-state index in [1.165, 1.54) is 6.07 Å². The van der Waals surface area contributed by atoms with Gasteiger partial charge >= 0.3 is 0 Å². The van der Waals surface area contributed by atoms with Crippen LogP contribution in [0.25, 0.3) is 0 Å². The second kappa shape index (κ2) is 5.72. The van der Waals surface area contributed by atoms with E-state index >= 15 is 0 Å². The van der Waals surface area contributed by atoms with E-state index in [-0.39, 0.29) is 5.82 Å². The van der Waals surface area contributed by atoms with Crippen molar-refractivity contribution >= 4 is 33.2 Å². The van der Waals surface area contributed by atoms with Crippen LogP contribution in [0.4, 0.5) is 10.1 Å². The molecule has 0 atom stereocenters. The van der Waals surface area contributed by atoms with Gasteiger partial charge in [-0.25, -0.2) is 4.39 Å². The van der Waals surface area contributed by atoms with Crippen LogP contribution in [0, 0.1) is 12.7 Å². The third kappa shape index (κ3) is 3.24. The highest BCUT2D eigenvalue weighted by molar-refractivity contribution is 9.10. The maximum absolute atomic E-state index is 13.4. The summed E-state index contributed by atoms with van der Waals surface area (Å²) in [5, 5.41) is 3.82. The summed E-state index contributed by atoms with van der Waals surface area (Å²) < 4.78 is 14.3. The Morgan fingerprint density at radius 2 is 2.00 bits per heavy atom. The van der Waals surface area contributed by atoms with Crippen molar-refractivity contribution in [3.05, 3.63) is 62.8 Å². The molecule has 2 rings (SSSR count). The summed E-state index contributed by atoms with van der Waals surface area (Å²) in [5.41, 5.74) is 2.37. The van der Waals surface area contributed by atoms with Crippen molar-refractivity contribution in [2.45, 2.75) is 13.5 Å². The fourth-order valence-corrected chi connectivity index (χ4v) is 2.32. The van der Waals surface area contributed by atoms with Crippen LogP contribution in [0.15, 0.2) is 40.9 Å². The second-order valence-corrected chi connectivity index (χ2v) is 5.38. The minimum Gasteiger partial charge on any atom is -0.380 e. The lowest BCUT2D eigenvalue weighted by Gasteiger charge is -2.09. The predicted molar refractivity (Wildman–Crippen MR) is 77.6 cm³/mol. The first-order valence-electron chi connectivity index (χ1n) is 5.50. The van der Waals surface area contributed by atoms with Gasteiger partial charge in [-0.15, -0.1) is 0 Å². The summed E-state index contributed by atoms with van der Waals surface area (Å²) in [6, 6.07) is 10.8. The molecule has 0 bridgehead atoms. The number of rotatable bonds is 3. The van der Waals surface area contributed by atoms with Gasteiger partial charge in [0, 0.05) is 11.0 Å². The number of benzene rings is 2. The van der Waals surface area contributed by atoms with Crippen LogP contribution < -0.4 is 5.32 Å². The van der Waals surface area contributed by atoms with Gasteiger partial charge in [-0.05, 0) is 42.3 Å². The molecular formula is C14H12BrClFN. The van der Waals surface area contributed by atoms with Crippen molar-refractivity contribution in [1.82, 2.24) is 0 Å². The maximum atomic E-state index is 13.4. The normalized spacial score (nSPS) is 10.4. The molecule has 0 heterocycles. The molecular weight excluding hydrogens is 317 g/mol. The molecule has 0 spiro atoms. The molecule has 0 saturated carbocycles. The average molecular weight is 329 g/mol. The fourth-order valence-electron chi connectivity index (χ4n) is 1.58. The van der Waals surface area contributed by atoms with Crippen LogP contribution in [-0.4, -0.2) is 0 Å². The molecule has 1 N–H and O–H groups in total. The lowest BCUT2D eigenvalue weighted by molar-refractivity contribution is 0.616. The smallest absolute Gasteiger partial charge is 0.126 e. The van der Waals surface area contributed by atoms with Gasteiger partial charge in [0.15, 0.2) is 0 Å². The van der Waals surface area contributed by atoms with Gasteiger partial charge in [0.2, 0.25) is 0 Å². The van der Waals surface area contributed by atoms with Crippen LogP contribution in [0.1, 0.15) is 11.1 Å². The van der Waals surface area contributed by atoms with Crippen molar-refractivity contribution in [2.24, 2.45) is 0 Å². The summed E-state index contributed by atoms with van der Waals surface area (Å²) in [4.78, 5) is 0. The van der Waals surface area contributed by atoms with Crippen LogP contribution in [0.5, 0.6) is 0 Å². The van der Waals surface area contributed by atoms with Crippen molar-refractivity contribution in [3.63, 3.8) is 0 Å². The summed E-state index contributed by atoms with van der Waals surface area (Å²) >= 11 is 9.43. The minimum absolute atomic E-state index is 0.184. The highest BCUT2D eigenvalue weighted by Crippen LogP contribution is 2.26. The third-order valence-electron chi connectivity index (χ3n) is 2.65. The van der Waals surface area contributed by atoms with Crippen molar-refractivity contribution < 1.29 is 4.39 Å². The number of hydrogen-bond acceptors (Lipinski definition) is 1. The minimum atomic E-state index is -0.184. The number of halogens is 3. The fraction of sp³-hybridized carbons (Fsp3) is 0.143. The summed E-state index contributed by atoms with van der Waals surface area (Å²) in [7, 11) is 0. The molecule has 18 heavy (non-hydrogen) atoms. The van der Waals surface area contributed by atoms with Crippen LogP contribution >= 0.6 is 27.5 Å². The monoisotopic (exact) mass is 327 g/mol. The molecule has 0 aliphatic carbocycles. The first-order chi connectivity index (χ1) is 8.56. The van der Waals surface area contributed by atoms with Crippen LogP contribution in [0.2, 0.25) is 5.02 Å². The van der Waals surface area contributed by atoms with E-state index in [0.717, 1.165) is 15.7 Å². The molecule has 0 aliphatic rings. The van der Waals surface area contributed by atoms with Crippen LogP contribution in [0.3, 0.4) is 0 Å². The van der Waals surface area contributed by atoms with Gasteiger partial charge in [0.25, 0.3) is 0 Å². The van der Waals surface area contributed by atoms with E-state index in [2.05, 4.69) is 21.2 Å². The number of anilines is 1. The Labute approximate surface area is 119 Å². The Balaban J connectivity index is 2.09. The van der Waals surface area contributed by atoms with Gasteiger partial charge in [0.1, 0.15) is 5.82 Å². The highest BCUT2D eigenvalue weighted by atomic mass is 79.9. The van der Waals surface area contributed by atoms with E-state index in [4.69, 9.17) is 11.6 Å². The molecule has 1 nitrogen and oxygen atoms in total. The predicted octanol–water partition coefficient (Wildman–Crippen LogP) is 5.16. The molecule has 0 saturated heterocycles. The molecule has 0 aliphatic heterocycles. The van der Waals surface area contributed by atoms with E-state index in [0.29, 0.717) is 17.1 Å². The quantitative estimate of drug-likeness (QED) is 0.820. The Hall–Kier alpha value is -1.06. The topological polar surface area (TPSA) is 12.0 Å². The van der Waals surface area contributed by atoms with E-state index in [1.807, 2.05) is 24.3 Å². The molecule has 0 aromatic heterocycles. The molecule has 2 aromatic rings. The zero-order valence-electron chi connectivity index (χ0n) is 9.81. The summed E-state index contributed by atoms with van der Waals surface area (Å²) in [6.07, 6.45) is 0. The van der Waals surface area contributed by atoms with Gasteiger partial charge in [-0.3, -0.25) is 0 Å². The molecule has 0 fully saturated rings. The average Bonchev–Trinajstić information content (AvgIpc) is 2.32. The largest absolute Gasteiger partial charge is 0.380 e. The van der Waals surface area contributed by atoms with E-state index in [9.17, 15) is 4.39 Å². The number of nitrogens with one attached hydrogen (secondary N) is 1. The van der Waals surface area contributed by atoms with Crippen molar-refractivity contribution in [1.29, 1.82) is 0 Å². The van der Waals surface area contributed by atoms with Gasteiger partial charge in [-0.1, -0.05) is 39.7 Å². The van der Waals surface area contributed by atoms with E-state index in [1.54, 1.807) is 13.0 Å². The van der Waals surface area contributed by atoms with Gasteiger partial charge in [-0.2, -0.15) is 0 Å². The molecule has 4 heteroatoms. The Morgan fingerprint density at radius 1 is 1.22 bits per heavy atom. The number of hydrogen-bond donors (Lipinski definition) is 1. The van der Waals surface area contributed by atoms with Gasteiger partial charge < -0.3 is 5.32 Å². The van der Waals surface area contributed by atoms with Gasteiger partial charge in [0.05, 0.1) is 10.7 Å². The standard InChI is InChI=1S/C14H12BrClFN/c1-9-2-3-10(6-13(9)17)8-18-14-5-4-11(15)7-12(14)16/h2-7,18H,8H2,1H3. The molecule has 0 radical (unpaired) electrons. The molecule has 0 unspecified atom stereocenters. The first-order valence-corrected chi connectivity index (χ1v) is 6.67. The third-order valence-corrected chi connectivity index (χ3v) is 3.46. The molecule has 0 amide bonds. The maximum Gasteiger partial charge on any atom is 0.126 e. The Kier molecular flexibility index (Phi) is 4.25. The highest BCUT2D eigenvalue weighted by Gasteiger charge is 2.02. The zero-order valence-corrected chi connectivity index (χ0v) is 12.1. The van der Waals surface area contributed by atoms with Crippen LogP contribution in [-0.2, 0) is 6.54 Å². The summed E-state index contributed by atoms with van der Waals surface area (Å²) in [6.45, 7) is 2.29. The summed E-state index contributed by atoms with van der Waals surface area (Å²) in [5.74, 6) is -0.184. The Morgan fingerprint density at radius 3 is 2.67 bits per heavy atom. The van der Waals surface area contributed by atoms with Crippen molar-refractivity contribution in [2.75, 3.05) is 5.32 Å². The molecule has 2 aromatic carbocycles. The second-order valence-electron chi connectivity index (χ2n) is 4.06. The SMILES string of the molecule is Cc1ccc(CNc2ccc(Br)cc2Cl)cc1F. The lowest BCUT2D eigenvalue weighted by atomic mass is 10.1. The van der Waals surface area contributed by atoms with Crippen molar-refractivity contribution in [3.8, 4) is 0 Å².